The first-order valence-corrected chi connectivity index (χ1v) is 15.8. The van der Waals surface area contributed by atoms with Crippen LogP contribution in [0.1, 0.15) is 28.9 Å². The SMILES string of the molecule is C#CCOCCOCCOCCN1CCN(C(=O)CC[C@H](NC(=O)c2ccc(NCc3cnc4nc(N)nc(O)c4n3)cc2)C(=O)O)CC1. The third-order valence-corrected chi connectivity index (χ3v) is 7.53. The highest BCUT2D eigenvalue weighted by Crippen LogP contribution is 2.19. The van der Waals surface area contributed by atoms with Gasteiger partial charge in [-0.1, -0.05) is 5.92 Å². The van der Waals surface area contributed by atoms with Gasteiger partial charge in [-0.2, -0.15) is 9.97 Å². The minimum atomic E-state index is -1.23. The van der Waals surface area contributed by atoms with Crippen LogP contribution in [-0.4, -0.2) is 136 Å². The molecule has 4 rings (SSSR count). The fourth-order valence-electron chi connectivity index (χ4n) is 4.87. The zero-order chi connectivity index (χ0) is 35.0. The van der Waals surface area contributed by atoms with Gasteiger partial charge in [0.05, 0.1) is 51.5 Å². The van der Waals surface area contributed by atoms with Crippen molar-refractivity contribution in [2.45, 2.75) is 25.4 Å². The molecule has 1 aliphatic rings. The summed E-state index contributed by atoms with van der Waals surface area (Å²) in [6.07, 6.45) is 6.55. The predicted octanol–water partition coefficient (Wildman–Crippen LogP) is 0.110. The Morgan fingerprint density at radius 1 is 0.980 bits per heavy atom. The molecule has 3 aromatic rings. The van der Waals surface area contributed by atoms with Crippen LogP contribution in [0.25, 0.3) is 11.2 Å². The number of benzene rings is 1. The van der Waals surface area contributed by atoms with Crippen molar-refractivity contribution in [1.29, 1.82) is 0 Å². The summed E-state index contributed by atoms with van der Waals surface area (Å²) in [4.78, 5) is 57.5. The van der Waals surface area contributed by atoms with Crippen molar-refractivity contribution in [2.75, 3.05) is 83.4 Å². The van der Waals surface area contributed by atoms with Crippen molar-refractivity contribution >= 4 is 40.6 Å². The first-order chi connectivity index (χ1) is 23.7. The number of nitrogens with one attached hydrogen (secondary N) is 2. The molecule has 49 heavy (non-hydrogen) atoms. The lowest BCUT2D eigenvalue weighted by molar-refractivity contribution is -0.140. The zero-order valence-electron chi connectivity index (χ0n) is 27.0. The monoisotopic (exact) mass is 679 g/mol. The summed E-state index contributed by atoms with van der Waals surface area (Å²) in [6, 6.07) is 5.19. The first kappa shape index (κ1) is 36.7. The Morgan fingerprint density at radius 2 is 1.67 bits per heavy atom. The number of piperazine rings is 1. The largest absolute Gasteiger partial charge is 0.492 e. The van der Waals surface area contributed by atoms with Crippen LogP contribution >= 0.6 is 0 Å². The number of hydrogen-bond acceptors (Lipinski definition) is 14. The molecule has 2 amide bonds. The summed E-state index contributed by atoms with van der Waals surface area (Å²) in [5, 5.41) is 25.3. The number of hydrogen-bond donors (Lipinski definition) is 5. The molecule has 17 heteroatoms. The third kappa shape index (κ3) is 11.8. The van der Waals surface area contributed by atoms with E-state index in [-0.39, 0.29) is 60.5 Å². The Hall–Kier alpha value is -5.15. The van der Waals surface area contributed by atoms with E-state index < -0.39 is 17.9 Å². The highest BCUT2D eigenvalue weighted by atomic mass is 16.5. The van der Waals surface area contributed by atoms with E-state index in [2.05, 4.69) is 41.4 Å². The average Bonchev–Trinajstić information content (AvgIpc) is 3.10. The number of carboxylic acid groups (broad SMARTS) is 1. The fraction of sp³-hybridized carbons (Fsp3) is 0.469. The highest BCUT2D eigenvalue weighted by molar-refractivity contribution is 5.97. The van der Waals surface area contributed by atoms with Gasteiger partial charge >= 0.3 is 5.97 Å². The molecule has 262 valence electrons. The smallest absolute Gasteiger partial charge is 0.326 e. The number of aromatic nitrogens is 4. The maximum atomic E-state index is 12.8. The van der Waals surface area contributed by atoms with Crippen LogP contribution < -0.4 is 16.4 Å². The molecule has 6 N–H and O–H groups in total. The van der Waals surface area contributed by atoms with Crippen LogP contribution in [0.3, 0.4) is 0 Å². The Bertz CT molecular complexity index is 1590. The van der Waals surface area contributed by atoms with Gasteiger partial charge < -0.3 is 45.7 Å². The van der Waals surface area contributed by atoms with Crippen LogP contribution in [0.5, 0.6) is 5.88 Å². The lowest BCUT2D eigenvalue weighted by Crippen LogP contribution is -2.50. The number of anilines is 2. The summed E-state index contributed by atoms with van der Waals surface area (Å²) in [7, 11) is 0. The second kappa shape index (κ2) is 19.0. The number of rotatable bonds is 19. The van der Waals surface area contributed by atoms with E-state index in [1.165, 1.54) is 6.20 Å². The maximum Gasteiger partial charge on any atom is 0.326 e. The Labute approximate surface area is 283 Å². The number of carbonyl (C=O) groups is 3. The van der Waals surface area contributed by atoms with Crippen molar-refractivity contribution < 1.29 is 38.8 Å². The van der Waals surface area contributed by atoms with Crippen LogP contribution in [0.15, 0.2) is 30.5 Å². The number of aromatic hydroxyl groups is 1. The molecule has 1 atom stereocenters. The minimum Gasteiger partial charge on any atom is -0.492 e. The Balaban J connectivity index is 1.13. The van der Waals surface area contributed by atoms with E-state index in [4.69, 9.17) is 26.4 Å². The molecule has 1 aromatic carbocycles. The van der Waals surface area contributed by atoms with Crippen LogP contribution in [0.4, 0.5) is 11.6 Å². The van der Waals surface area contributed by atoms with Crippen LogP contribution in [-0.2, 0) is 30.3 Å². The van der Waals surface area contributed by atoms with E-state index in [1.54, 1.807) is 29.2 Å². The number of aliphatic carboxylic acids is 1. The summed E-state index contributed by atoms with van der Waals surface area (Å²) in [5.41, 5.74) is 7.22. The molecular formula is C32H41N9O8. The summed E-state index contributed by atoms with van der Waals surface area (Å²) >= 11 is 0. The molecule has 3 heterocycles. The third-order valence-electron chi connectivity index (χ3n) is 7.53. The molecule has 0 bridgehead atoms. The first-order valence-electron chi connectivity index (χ1n) is 15.8. The van der Waals surface area contributed by atoms with E-state index in [1.807, 2.05) is 0 Å². The standard InChI is InChI=1S/C32H41N9O8/c1-2-14-47-16-18-49-19-17-48-15-13-40-9-11-41(12-10-40)26(42)8-7-25(31(45)46)37-29(43)22-3-5-23(6-4-22)34-20-24-21-35-28-27(36-24)30(44)39-32(33)38-28/h1,3-6,21,25,34H,7-20H2,(H,37,43)(H,45,46)(H3,33,35,38,39,44)/t25-/m0/s1. The topological polar surface area (TPSA) is 227 Å². The van der Waals surface area contributed by atoms with Crippen LogP contribution in [0.2, 0.25) is 0 Å². The summed E-state index contributed by atoms with van der Waals surface area (Å²) in [5.74, 6) is -0.0378. The Kier molecular flexibility index (Phi) is 14.2. The van der Waals surface area contributed by atoms with Gasteiger partial charge in [0.1, 0.15) is 12.6 Å². The predicted molar refractivity (Wildman–Crippen MR) is 177 cm³/mol. The highest BCUT2D eigenvalue weighted by Gasteiger charge is 2.25. The lowest BCUT2D eigenvalue weighted by atomic mass is 10.1. The van der Waals surface area contributed by atoms with Gasteiger partial charge in [0.25, 0.3) is 5.91 Å². The lowest BCUT2D eigenvalue weighted by Gasteiger charge is -2.34. The second-order valence-corrected chi connectivity index (χ2v) is 11.0. The fourth-order valence-corrected chi connectivity index (χ4v) is 4.87. The second-order valence-electron chi connectivity index (χ2n) is 11.0. The number of carbonyl (C=O) groups excluding carboxylic acids is 2. The number of nitrogen functional groups attached to an aromatic ring is 1. The van der Waals surface area contributed by atoms with Crippen molar-refractivity contribution in [1.82, 2.24) is 35.1 Å². The van der Waals surface area contributed by atoms with Crippen LogP contribution in [0, 0.1) is 12.3 Å². The number of nitrogens with zero attached hydrogens (tertiary/aromatic N) is 6. The number of fused-ring (bicyclic) bond motifs is 1. The van der Waals surface area contributed by atoms with E-state index >= 15 is 0 Å². The van der Waals surface area contributed by atoms with Gasteiger partial charge in [-0.05, 0) is 30.7 Å². The number of amides is 2. The number of ether oxygens (including phenoxy) is 3. The molecular weight excluding hydrogens is 638 g/mol. The minimum absolute atomic E-state index is 0.00800. The number of carboxylic acids is 1. The number of terminal acetylenes is 1. The molecule has 0 spiro atoms. The van der Waals surface area contributed by atoms with E-state index in [9.17, 15) is 24.6 Å². The number of nitrogens with two attached hydrogens (primary N) is 1. The van der Waals surface area contributed by atoms with Gasteiger partial charge in [-0.25, -0.2) is 14.8 Å². The molecule has 0 saturated carbocycles. The summed E-state index contributed by atoms with van der Waals surface area (Å²) < 4.78 is 16.1. The molecule has 2 aromatic heterocycles. The van der Waals surface area contributed by atoms with Crippen molar-refractivity contribution in [3.8, 4) is 18.2 Å². The van der Waals surface area contributed by atoms with Gasteiger partial charge in [-0.3, -0.25) is 14.5 Å². The van der Waals surface area contributed by atoms with Crippen molar-refractivity contribution in [3.63, 3.8) is 0 Å². The van der Waals surface area contributed by atoms with E-state index in [0.29, 0.717) is 70.6 Å². The molecule has 0 unspecified atom stereocenters. The summed E-state index contributed by atoms with van der Waals surface area (Å²) in [6.45, 7) is 6.08. The van der Waals surface area contributed by atoms with Gasteiger partial charge in [0.2, 0.25) is 17.7 Å². The normalized spacial score (nSPS) is 13.9. The molecule has 0 radical (unpaired) electrons. The van der Waals surface area contributed by atoms with Gasteiger partial charge in [0, 0.05) is 50.4 Å². The molecule has 1 saturated heterocycles. The van der Waals surface area contributed by atoms with Crippen molar-refractivity contribution in [3.05, 3.63) is 41.7 Å². The zero-order valence-corrected chi connectivity index (χ0v) is 27.0. The average molecular weight is 680 g/mol. The molecule has 17 nitrogen and oxygen atoms in total. The Morgan fingerprint density at radius 3 is 2.37 bits per heavy atom. The van der Waals surface area contributed by atoms with E-state index in [0.717, 1.165) is 6.54 Å². The maximum absolute atomic E-state index is 12.8. The van der Waals surface area contributed by atoms with Gasteiger partial charge in [-0.15, -0.1) is 6.42 Å². The molecule has 1 aliphatic heterocycles. The quantitative estimate of drug-likeness (QED) is 0.0837. The molecule has 0 aliphatic carbocycles. The van der Waals surface area contributed by atoms with Crippen molar-refractivity contribution in [2.24, 2.45) is 0 Å². The molecule has 1 fully saturated rings. The van der Waals surface area contributed by atoms with Gasteiger partial charge in [0.15, 0.2) is 11.2 Å².